The van der Waals surface area contributed by atoms with Crippen LogP contribution < -0.4 is 10.2 Å². The van der Waals surface area contributed by atoms with Crippen LogP contribution in [0.2, 0.25) is 5.02 Å². The first kappa shape index (κ1) is 24.3. The Morgan fingerprint density at radius 1 is 1.06 bits per heavy atom. The fourth-order valence-corrected chi connectivity index (χ4v) is 5.88. The summed E-state index contributed by atoms with van der Waals surface area (Å²) in [7, 11) is 0. The largest absolute Gasteiger partial charge is 0.506 e. The topological polar surface area (TPSA) is 53.3 Å². The number of benzene rings is 2. The Bertz CT molecular complexity index is 1450. The minimum Gasteiger partial charge on any atom is -0.506 e. The Morgan fingerprint density at radius 2 is 1.86 bits per heavy atom. The molecular weight excluding hydrogens is 488 g/mol. The molecule has 5 nitrogen and oxygen atoms in total. The van der Waals surface area contributed by atoms with Crippen LogP contribution in [0, 0.1) is 20.8 Å². The summed E-state index contributed by atoms with van der Waals surface area (Å²) in [4.78, 5) is 6.63. The van der Waals surface area contributed by atoms with E-state index in [4.69, 9.17) is 23.8 Å². The van der Waals surface area contributed by atoms with Gasteiger partial charge in [0.05, 0.1) is 29.2 Å². The maximum atomic E-state index is 10.8. The molecule has 2 N–H and O–H groups in total. The summed E-state index contributed by atoms with van der Waals surface area (Å²) in [5, 5.41) is 15.4. The van der Waals surface area contributed by atoms with E-state index in [9.17, 15) is 5.11 Å². The van der Waals surface area contributed by atoms with Gasteiger partial charge >= 0.3 is 0 Å². The summed E-state index contributed by atoms with van der Waals surface area (Å²) in [6.07, 6.45) is 2.73. The van der Waals surface area contributed by atoms with Crippen LogP contribution in [-0.2, 0) is 6.42 Å². The standard InChI is InChI=1S/C29H29ClN4OS/c1-5-20-10-8-9-17(2)27(20)33-18(3)15-22(19(33)4)28-26(23-11-6-7-14-31-23)32-29(36)34(28)24-16-21(30)12-13-25(24)35/h6-16,26,28,35H,5H2,1-4H3,(H,32,36)/t26-,28-/m1/s1. The SMILES string of the molecule is CCc1cccc(C)c1-n1c(C)cc([C@@H]2[C@@H](c3ccccn3)NC(=S)N2c2cc(Cl)ccc2O)c1C. The zero-order valence-electron chi connectivity index (χ0n) is 20.8. The van der Waals surface area contributed by atoms with Crippen molar-refractivity contribution in [2.75, 3.05) is 4.90 Å². The molecule has 4 aromatic rings. The molecule has 1 aliphatic heterocycles. The summed E-state index contributed by atoms with van der Waals surface area (Å²) in [5.74, 6) is 0.121. The van der Waals surface area contributed by atoms with Crippen LogP contribution in [0.1, 0.15) is 52.8 Å². The number of halogens is 1. The van der Waals surface area contributed by atoms with Crippen molar-refractivity contribution in [1.29, 1.82) is 0 Å². The summed E-state index contributed by atoms with van der Waals surface area (Å²) in [6.45, 7) is 8.64. The van der Waals surface area contributed by atoms with Gasteiger partial charge in [-0.3, -0.25) is 4.98 Å². The minimum atomic E-state index is -0.245. The average molecular weight is 517 g/mol. The van der Waals surface area contributed by atoms with Gasteiger partial charge in [-0.2, -0.15) is 0 Å². The Labute approximate surface area is 222 Å². The number of hydrogen-bond acceptors (Lipinski definition) is 3. The van der Waals surface area contributed by atoms with E-state index in [0.717, 1.165) is 29.1 Å². The van der Waals surface area contributed by atoms with Gasteiger partial charge < -0.3 is 19.9 Å². The maximum Gasteiger partial charge on any atom is 0.174 e. The molecule has 36 heavy (non-hydrogen) atoms. The lowest BCUT2D eigenvalue weighted by Crippen LogP contribution is -2.29. The van der Waals surface area contributed by atoms with E-state index in [1.54, 1.807) is 24.4 Å². The van der Waals surface area contributed by atoms with Crippen LogP contribution in [0.3, 0.4) is 0 Å². The molecular formula is C29H29ClN4OS. The highest BCUT2D eigenvalue weighted by Gasteiger charge is 2.43. The van der Waals surface area contributed by atoms with Gasteiger partial charge in [0.2, 0.25) is 0 Å². The van der Waals surface area contributed by atoms with Gasteiger partial charge in [0.25, 0.3) is 0 Å². The van der Waals surface area contributed by atoms with Gasteiger partial charge in [-0.15, -0.1) is 0 Å². The number of nitrogens with zero attached hydrogens (tertiary/aromatic N) is 3. The predicted octanol–water partition coefficient (Wildman–Crippen LogP) is 6.90. The number of aromatic hydroxyl groups is 1. The molecule has 184 valence electrons. The van der Waals surface area contributed by atoms with Crippen molar-refractivity contribution in [2.24, 2.45) is 0 Å². The van der Waals surface area contributed by atoms with Crippen molar-refractivity contribution < 1.29 is 5.11 Å². The van der Waals surface area contributed by atoms with Gasteiger partial charge in [-0.25, -0.2) is 0 Å². The van der Waals surface area contributed by atoms with Gasteiger partial charge in [0, 0.05) is 22.6 Å². The lowest BCUT2D eigenvalue weighted by molar-refractivity contribution is 0.472. The van der Waals surface area contributed by atoms with Crippen LogP contribution in [0.4, 0.5) is 5.69 Å². The van der Waals surface area contributed by atoms with Gasteiger partial charge in [0.15, 0.2) is 5.11 Å². The highest BCUT2D eigenvalue weighted by Crippen LogP contribution is 2.46. The van der Waals surface area contributed by atoms with Crippen LogP contribution in [0.25, 0.3) is 5.69 Å². The number of phenols is 1. The molecule has 2 atom stereocenters. The zero-order chi connectivity index (χ0) is 25.6. The second kappa shape index (κ2) is 9.60. The molecule has 0 bridgehead atoms. The third-order valence-corrected chi connectivity index (χ3v) is 7.56. The van der Waals surface area contributed by atoms with Crippen molar-refractivity contribution >= 4 is 34.6 Å². The first-order valence-electron chi connectivity index (χ1n) is 12.1. The van der Waals surface area contributed by atoms with E-state index in [1.165, 1.54) is 16.8 Å². The second-order valence-corrected chi connectivity index (χ2v) is 10.1. The smallest absolute Gasteiger partial charge is 0.174 e. The number of thiocarbonyl (C=S) groups is 1. The number of pyridine rings is 1. The van der Waals surface area contributed by atoms with E-state index in [2.05, 4.69) is 66.8 Å². The highest BCUT2D eigenvalue weighted by atomic mass is 35.5. The summed E-state index contributed by atoms with van der Waals surface area (Å²) < 4.78 is 2.34. The Hall–Kier alpha value is -3.35. The lowest BCUT2D eigenvalue weighted by atomic mass is 9.96. The molecule has 1 saturated heterocycles. The second-order valence-electron chi connectivity index (χ2n) is 9.23. The normalized spacial score (nSPS) is 17.5. The predicted molar refractivity (Wildman–Crippen MR) is 150 cm³/mol. The number of hydrogen-bond donors (Lipinski definition) is 2. The molecule has 2 aromatic heterocycles. The Balaban J connectivity index is 1.74. The molecule has 3 heterocycles. The first-order valence-corrected chi connectivity index (χ1v) is 12.9. The van der Waals surface area contributed by atoms with Crippen molar-refractivity contribution in [2.45, 2.75) is 46.2 Å². The van der Waals surface area contributed by atoms with Crippen molar-refractivity contribution in [1.82, 2.24) is 14.9 Å². The number of rotatable bonds is 5. The molecule has 0 aliphatic carbocycles. The molecule has 0 saturated carbocycles. The van der Waals surface area contributed by atoms with Crippen molar-refractivity contribution in [3.63, 3.8) is 0 Å². The molecule has 5 rings (SSSR count). The van der Waals surface area contributed by atoms with Crippen LogP contribution in [0.5, 0.6) is 5.75 Å². The first-order chi connectivity index (χ1) is 17.3. The third-order valence-electron chi connectivity index (χ3n) is 7.01. The van der Waals surface area contributed by atoms with Crippen LogP contribution >= 0.6 is 23.8 Å². The molecule has 0 unspecified atom stereocenters. The molecule has 0 amide bonds. The fraction of sp³-hybridized carbons (Fsp3) is 0.241. The molecule has 7 heteroatoms. The van der Waals surface area contributed by atoms with Gasteiger partial charge in [-0.1, -0.05) is 42.8 Å². The number of aryl methyl sites for hydroxylation is 3. The molecule has 0 radical (unpaired) electrons. The van der Waals surface area contributed by atoms with E-state index >= 15 is 0 Å². The summed E-state index contributed by atoms with van der Waals surface area (Å²) in [5.41, 5.74) is 8.57. The van der Waals surface area contributed by atoms with Crippen molar-refractivity contribution in [3.8, 4) is 11.4 Å². The van der Waals surface area contributed by atoms with E-state index < -0.39 is 0 Å². The van der Waals surface area contributed by atoms with E-state index in [1.807, 2.05) is 23.1 Å². The number of phenolic OH excluding ortho intramolecular Hbond substituents is 1. The highest BCUT2D eigenvalue weighted by molar-refractivity contribution is 7.80. The number of para-hydroxylation sites is 1. The van der Waals surface area contributed by atoms with Gasteiger partial charge in [0.1, 0.15) is 5.75 Å². The maximum absolute atomic E-state index is 10.8. The fourth-order valence-electron chi connectivity index (χ4n) is 5.38. The molecule has 1 aliphatic rings. The number of nitrogens with one attached hydrogen (secondary N) is 1. The minimum absolute atomic E-state index is 0.121. The van der Waals surface area contributed by atoms with Crippen LogP contribution in [-0.4, -0.2) is 19.8 Å². The number of anilines is 1. The number of aromatic nitrogens is 2. The van der Waals surface area contributed by atoms with E-state index in [0.29, 0.717) is 15.8 Å². The monoisotopic (exact) mass is 516 g/mol. The third kappa shape index (κ3) is 4.04. The molecule has 1 fully saturated rings. The van der Waals surface area contributed by atoms with E-state index in [-0.39, 0.29) is 17.8 Å². The summed E-state index contributed by atoms with van der Waals surface area (Å²) in [6, 6.07) is 19.2. The zero-order valence-corrected chi connectivity index (χ0v) is 22.4. The lowest BCUT2D eigenvalue weighted by Gasteiger charge is -2.29. The molecule has 0 spiro atoms. The average Bonchev–Trinajstić information content (AvgIpc) is 3.36. The van der Waals surface area contributed by atoms with Crippen molar-refractivity contribution in [3.05, 3.63) is 106 Å². The van der Waals surface area contributed by atoms with Crippen LogP contribution in [0.15, 0.2) is 66.9 Å². The summed E-state index contributed by atoms with van der Waals surface area (Å²) >= 11 is 12.2. The molecule has 2 aromatic carbocycles. The van der Waals surface area contributed by atoms with Gasteiger partial charge in [-0.05, 0) is 92.5 Å². The Morgan fingerprint density at radius 3 is 2.58 bits per heavy atom. The Kier molecular flexibility index (Phi) is 6.49. The quantitative estimate of drug-likeness (QED) is 0.283.